The Hall–Kier alpha value is -1.10. The van der Waals surface area contributed by atoms with E-state index < -0.39 is 5.97 Å². The van der Waals surface area contributed by atoms with Gasteiger partial charge in [-0.3, -0.25) is 9.69 Å². The van der Waals surface area contributed by atoms with E-state index in [4.69, 9.17) is 9.84 Å². The smallest absolute Gasteiger partial charge is 0.317 e. The molecule has 1 unspecified atom stereocenters. The van der Waals surface area contributed by atoms with E-state index in [0.717, 1.165) is 25.0 Å². The zero-order valence-electron chi connectivity index (χ0n) is 10.8. The van der Waals surface area contributed by atoms with Crippen molar-refractivity contribution in [1.29, 1.82) is 0 Å². The zero-order chi connectivity index (χ0) is 12.8. The number of nitrogens with zero attached hydrogens (tertiary/aromatic N) is 1. The van der Waals surface area contributed by atoms with Crippen LogP contribution in [0.15, 0.2) is 30.3 Å². The number of aliphatic carboxylic acids is 1. The van der Waals surface area contributed by atoms with Crippen molar-refractivity contribution in [2.45, 2.75) is 25.5 Å². The van der Waals surface area contributed by atoms with E-state index in [1.165, 1.54) is 0 Å². The first-order chi connectivity index (χ1) is 8.74. The lowest BCUT2D eigenvalue weighted by molar-refractivity contribution is -0.138. The Kier molecular flexibility index (Phi) is 6.84. The number of benzene rings is 1. The molecule has 0 aliphatic carbocycles. The van der Waals surface area contributed by atoms with Crippen LogP contribution in [0, 0.1) is 0 Å². The normalized spacial score (nSPS) is 18.3. The topological polar surface area (TPSA) is 49.8 Å². The molecule has 1 aliphatic heterocycles. The fraction of sp³-hybridized carbons (Fsp3) is 0.500. The molecule has 1 N–H and O–H groups in total. The highest BCUT2D eigenvalue weighted by atomic mass is 35.5. The van der Waals surface area contributed by atoms with Gasteiger partial charge < -0.3 is 9.84 Å². The van der Waals surface area contributed by atoms with Gasteiger partial charge in [0.25, 0.3) is 0 Å². The molecule has 106 valence electrons. The Morgan fingerprint density at radius 1 is 1.37 bits per heavy atom. The molecule has 1 atom stereocenters. The van der Waals surface area contributed by atoms with Gasteiger partial charge in [-0.25, -0.2) is 0 Å². The lowest BCUT2D eigenvalue weighted by atomic mass is 10.2. The van der Waals surface area contributed by atoms with Crippen LogP contribution in [0.2, 0.25) is 0 Å². The summed E-state index contributed by atoms with van der Waals surface area (Å²) in [7, 11) is 0. The van der Waals surface area contributed by atoms with E-state index in [2.05, 4.69) is 0 Å². The molecule has 1 heterocycles. The van der Waals surface area contributed by atoms with E-state index in [-0.39, 0.29) is 25.1 Å². The highest BCUT2D eigenvalue weighted by Gasteiger charge is 2.20. The van der Waals surface area contributed by atoms with Crippen LogP contribution in [0.3, 0.4) is 0 Å². The van der Waals surface area contributed by atoms with Gasteiger partial charge in [0.2, 0.25) is 0 Å². The van der Waals surface area contributed by atoms with E-state index in [1.807, 2.05) is 35.2 Å². The molecule has 1 aromatic carbocycles. The van der Waals surface area contributed by atoms with Crippen molar-refractivity contribution in [1.82, 2.24) is 4.90 Å². The van der Waals surface area contributed by atoms with Gasteiger partial charge in [-0.2, -0.15) is 0 Å². The SMILES string of the molecule is Cl.O=C(O)CN(Cc1ccccc1)CC1CCCO1. The Bertz CT molecular complexity index is 380. The third kappa shape index (κ3) is 5.59. The quantitative estimate of drug-likeness (QED) is 0.870. The molecule has 0 radical (unpaired) electrons. The van der Waals surface area contributed by atoms with E-state index in [1.54, 1.807) is 0 Å². The number of carboxylic acids is 1. The Morgan fingerprint density at radius 3 is 2.68 bits per heavy atom. The second-order valence-corrected chi connectivity index (χ2v) is 4.68. The molecule has 1 aromatic rings. The highest BCUT2D eigenvalue weighted by molar-refractivity contribution is 5.85. The maximum absolute atomic E-state index is 10.9. The van der Waals surface area contributed by atoms with Crippen LogP contribution in [-0.2, 0) is 16.1 Å². The number of hydrogen-bond donors (Lipinski definition) is 1. The van der Waals surface area contributed by atoms with Gasteiger partial charge in [-0.1, -0.05) is 30.3 Å². The Labute approximate surface area is 119 Å². The summed E-state index contributed by atoms with van der Waals surface area (Å²) in [5, 5.41) is 8.95. The first kappa shape index (κ1) is 16.0. The van der Waals surface area contributed by atoms with Gasteiger partial charge in [-0.15, -0.1) is 12.4 Å². The number of hydrogen-bond acceptors (Lipinski definition) is 3. The summed E-state index contributed by atoms with van der Waals surface area (Å²) >= 11 is 0. The minimum Gasteiger partial charge on any atom is -0.480 e. The summed E-state index contributed by atoms with van der Waals surface area (Å²) in [6.07, 6.45) is 2.30. The molecular formula is C14H20ClNO3. The van der Waals surface area contributed by atoms with Crippen molar-refractivity contribution in [2.75, 3.05) is 19.7 Å². The number of ether oxygens (including phenoxy) is 1. The zero-order valence-corrected chi connectivity index (χ0v) is 11.6. The van der Waals surface area contributed by atoms with Crippen LogP contribution in [-0.4, -0.2) is 41.8 Å². The van der Waals surface area contributed by atoms with Gasteiger partial charge >= 0.3 is 5.97 Å². The number of rotatable bonds is 6. The predicted octanol–water partition coefficient (Wildman–Crippen LogP) is 2.17. The summed E-state index contributed by atoms with van der Waals surface area (Å²) in [6.45, 7) is 2.22. The first-order valence-corrected chi connectivity index (χ1v) is 6.34. The molecule has 5 heteroatoms. The predicted molar refractivity (Wildman–Crippen MR) is 75.6 cm³/mol. The molecule has 0 aromatic heterocycles. The summed E-state index contributed by atoms with van der Waals surface area (Å²) in [6, 6.07) is 9.94. The number of carbonyl (C=O) groups is 1. The monoisotopic (exact) mass is 285 g/mol. The number of halogens is 1. The summed E-state index contributed by atoms with van der Waals surface area (Å²) in [5.41, 5.74) is 1.14. The highest BCUT2D eigenvalue weighted by Crippen LogP contribution is 2.14. The van der Waals surface area contributed by atoms with Crippen molar-refractivity contribution < 1.29 is 14.6 Å². The average Bonchev–Trinajstić information content (AvgIpc) is 2.82. The number of carboxylic acid groups (broad SMARTS) is 1. The second-order valence-electron chi connectivity index (χ2n) is 4.68. The first-order valence-electron chi connectivity index (χ1n) is 6.34. The van der Waals surface area contributed by atoms with E-state index in [9.17, 15) is 4.79 Å². The van der Waals surface area contributed by atoms with Gasteiger partial charge in [0.05, 0.1) is 12.6 Å². The Balaban J connectivity index is 0.00000180. The van der Waals surface area contributed by atoms with Crippen molar-refractivity contribution in [3.8, 4) is 0 Å². The minimum absolute atomic E-state index is 0. The Morgan fingerprint density at radius 2 is 2.11 bits per heavy atom. The van der Waals surface area contributed by atoms with Crippen molar-refractivity contribution in [3.05, 3.63) is 35.9 Å². The summed E-state index contributed by atoms with van der Waals surface area (Å²) < 4.78 is 5.57. The molecule has 1 fully saturated rings. The van der Waals surface area contributed by atoms with Gasteiger partial charge in [0, 0.05) is 19.7 Å². The van der Waals surface area contributed by atoms with Crippen LogP contribution >= 0.6 is 12.4 Å². The maximum atomic E-state index is 10.9. The molecule has 19 heavy (non-hydrogen) atoms. The van der Waals surface area contributed by atoms with Crippen LogP contribution < -0.4 is 0 Å². The van der Waals surface area contributed by atoms with Crippen LogP contribution in [0.1, 0.15) is 18.4 Å². The van der Waals surface area contributed by atoms with Gasteiger partial charge in [0.15, 0.2) is 0 Å². The van der Waals surface area contributed by atoms with Crippen molar-refractivity contribution in [2.24, 2.45) is 0 Å². The lowest BCUT2D eigenvalue weighted by Crippen LogP contribution is -2.35. The molecule has 0 bridgehead atoms. The van der Waals surface area contributed by atoms with E-state index >= 15 is 0 Å². The lowest BCUT2D eigenvalue weighted by Gasteiger charge is -2.23. The maximum Gasteiger partial charge on any atom is 0.317 e. The molecule has 0 amide bonds. The fourth-order valence-corrected chi connectivity index (χ4v) is 2.29. The molecule has 1 saturated heterocycles. The van der Waals surface area contributed by atoms with Crippen molar-refractivity contribution in [3.63, 3.8) is 0 Å². The largest absolute Gasteiger partial charge is 0.480 e. The molecule has 1 aliphatic rings. The fourth-order valence-electron chi connectivity index (χ4n) is 2.29. The second kappa shape index (κ2) is 8.15. The molecule has 0 saturated carbocycles. The molecule has 2 rings (SSSR count). The standard InChI is InChI=1S/C14H19NO3.ClH/c16-14(17)11-15(10-13-7-4-8-18-13)9-12-5-2-1-3-6-12;/h1-3,5-6,13H,4,7-11H2,(H,16,17);1H. The van der Waals surface area contributed by atoms with Gasteiger partial charge in [-0.05, 0) is 18.4 Å². The average molecular weight is 286 g/mol. The van der Waals surface area contributed by atoms with Crippen LogP contribution in [0.4, 0.5) is 0 Å². The van der Waals surface area contributed by atoms with Crippen molar-refractivity contribution >= 4 is 18.4 Å². The minimum atomic E-state index is -0.788. The molecular weight excluding hydrogens is 266 g/mol. The third-order valence-electron chi connectivity index (χ3n) is 3.09. The molecule has 4 nitrogen and oxygen atoms in total. The van der Waals surface area contributed by atoms with Crippen LogP contribution in [0.25, 0.3) is 0 Å². The summed E-state index contributed by atoms with van der Waals surface area (Å²) in [5.74, 6) is -0.788. The van der Waals surface area contributed by atoms with Crippen LogP contribution in [0.5, 0.6) is 0 Å². The van der Waals surface area contributed by atoms with Gasteiger partial charge in [0.1, 0.15) is 0 Å². The molecule has 0 spiro atoms. The summed E-state index contributed by atoms with van der Waals surface area (Å²) in [4.78, 5) is 12.8. The van der Waals surface area contributed by atoms with E-state index in [0.29, 0.717) is 13.1 Å². The third-order valence-corrected chi connectivity index (χ3v) is 3.09.